The van der Waals surface area contributed by atoms with Crippen LogP contribution < -0.4 is 4.90 Å². The second-order valence-electron chi connectivity index (χ2n) is 4.18. The standard InChI is InChI=1S/C13H11ClN2O3S/c1-15(7-11-3-5-13(14)20-11)10-2-4-12(16(18)19)9(6-10)8-17/h2-6,8H,7H2,1H3. The zero-order valence-corrected chi connectivity index (χ0v) is 12.1. The van der Waals surface area contributed by atoms with E-state index in [0.29, 0.717) is 17.2 Å². The molecule has 0 N–H and O–H groups in total. The van der Waals surface area contributed by atoms with E-state index in [2.05, 4.69) is 0 Å². The Labute approximate surface area is 124 Å². The van der Waals surface area contributed by atoms with Crippen molar-refractivity contribution in [3.8, 4) is 0 Å². The number of carbonyl (C=O) groups excluding carboxylic acids is 1. The van der Waals surface area contributed by atoms with Gasteiger partial charge in [0.05, 0.1) is 21.4 Å². The Morgan fingerprint density at radius 3 is 2.70 bits per heavy atom. The average Bonchev–Trinajstić information content (AvgIpc) is 2.83. The molecule has 0 atom stereocenters. The summed E-state index contributed by atoms with van der Waals surface area (Å²) < 4.78 is 0.714. The van der Waals surface area contributed by atoms with Gasteiger partial charge in [0, 0.05) is 23.7 Å². The van der Waals surface area contributed by atoms with Crippen LogP contribution in [0, 0.1) is 10.1 Å². The molecule has 2 aromatic rings. The van der Waals surface area contributed by atoms with E-state index in [0.717, 1.165) is 10.6 Å². The first-order valence-electron chi connectivity index (χ1n) is 5.70. The summed E-state index contributed by atoms with van der Waals surface area (Å²) in [5.74, 6) is 0. The Bertz CT molecular complexity index is 657. The van der Waals surface area contributed by atoms with Gasteiger partial charge in [-0.3, -0.25) is 14.9 Å². The first-order chi connectivity index (χ1) is 9.51. The Morgan fingerprint density at radius 2 is 2.15 bits per heavy atom. The molecule has 0 fully saturated rings. The molecule has 0 radical (unpaired) electrons. The van der Waals surface area contributed by atoms with Crippen LogP contribution in [-0.4, -0.2) is 18.3 Å². The van der Waals surface area contributed by atoms with Crippen LogP contribution >= 0.6 is 22.9 Å². The number of nitro groups is 1. The lowest BCUT2D eigenvalue weighted by Crippen LogP contribution is -2.15. The van der Waals surface area contributed by atoms with E-state index in [1.807, 2.05) is 24.1 Å². The van der Waals surface area contributed by atoms with Gasteiger partial charge in [-0.2, -0.15) is 0 Å². The van der Waals surface area contributed by atoms with Gasteiger partial charge in [0.25, 0.3) is 5.69 Å². The topological polar surface area (TPSA) is 63.4 Å². The number of thiophene rings is 1. The summed E-state index contributed by atoms with van der Waals surface area (Å²) in [5.41, 5.74) is 0.627. The Balaban J connectivity index is 2.24. The molecule has 7 heteroatoms. The number of carbonyl (C=O) groups is 1. The zero-order chi connectivity index (χ0) is 14.7. The van der Waals surface area contributed by atoms with E-state index in [1.165, 1.54) is 23.5 Å². The second-order valence-corrected chi connectivity index (χ2v) is 5.98. The Morgan fingerprint density at radius 1 is 1.40 bits per heavy atom. The molecule has 0 aliphatic heterocycles. The maximum absolute atomic E-state index is 10.9. The maximum Gasteiger partial charge on any atom is 0.280 e. The molecule has 0 aliphatic rings. The van der Waals surface area contributed by atoms with Crippen molar-refractivity contribution in [1.82, 2.24) is 0 Å². The predicted molar refractivity (Wildman–Crippen MR) is 79.9 cm³/mol. The van der Waals surface area contributed by atoms with Gasteiger partial charge in [-0.1, -0.05) is 11.6 Å². The third-order valence-electron chi connectivity index (χ3n) is 2.80. The molecule has 1 aromatic heterocycles. The van der Waals surface area contributed by atoms with E-state index in [-0.39, 0.29) is 11.3 Å². The Kier molecular flexibility index (Phi) is 4.36. The molecule has 0 spiro atoms. The third kappa shape index (κ3) is 3.15. The minimum absolute atomic E-state index is 0.0727. The number of benzene rings is 1. The van der Waals surface area contributed by atoms with Crippen molar-refractivity contribution in [3.05, 3.63) is 55.2 Å². The molecule has 0 amide bonds. The number of nitrogens with zero attached hydrogens (tertiary/aromatic N) is 2. The molecule has 0 bridgehead atoms. The van der Waals surface area contributed by atoms with Crippen molar-refractivity contribution < 1.29 is 9.72 Å². The highest BCUT2D eigenvalue weighted by Crippen LogP contribution is 2.27. The fourth-order valence-electron chi connectivity index (χ4n) is 1.80. The number of halogens is 1. The molecule has 0 saturated heterocycles. The van der Waals surface area contributed by atoms with E-state index >= 15 is 0 Å². The van der Waals surface area contributed by atoms with Gasteiger partial charge < -0.3 is 4.90 Å². The molecule has 1 heterocycles. The number of nitro benzene ring substituents is 1. The summed E-state index contributed by atoms with van der Waals surface area (Å²) >= 11 is 7.35. The minimum atomic E-state index is -0.563. The fraction of sp³-hybridized carbons (Fsp3) is 0.154. The summed E-state index contributed by atoms with van der Waals surface area (Å²) in [4.78, 5) is 24.1. The lowest BCUT2D eigenvalue weighted by molar-refractivity contribution is -0.385. The smallest absolute Gasteiger partial charge is 0.280 e. The summed E-state index contributed by atoms with van der Waals surface area (Å²) in [6.07, 6.45) is 0.498. The highest BCUT2D eigenvalue weighted by Gasteiger charge is 2.15. The van der Waals surface area contributed by atoms with Gasteiger partial charge in [0.1, 0.15) is 0 Å². The number of anilines is 1. The molecule has 5 nitrogen and oxygen atoms in total. The van der Waals surface area contributed by atoms with Gasteiger partial charge in [-0.15, -0.1) is 11.3 Å². The molecular formula is C13H11ClN2O3S. The van der Waals surface area contributed by atoms with Crippen molar-refractivity contribution in [3.63, 3.8) is 0 Å². The molecule has 1 aromatic carbocycles. The summed E-state index contributed by atoms with van der Waals surface area (Å²) in [5, 5.41) is 10.8. The average molecular weight is 311 g/mol. The largest absolute Gasteiger partial charge is 0.369 e. The third-order valence-corrected chi connectivity index (χ3v) is 4.01. The zero-order valence-electron chi connectivity index (χ0n) is 10.6. The van der Waals surface area contributed by atoms with Crippen LogP contribution in [0.15, 0.2) is 30.3 Å². The van der Waals surface area contributed by atoms with Crippen LogP contribution in [0.1, 0.15) is 15.2 Å². The number of rotatable bonds is 5. The van der Waals surface area contributed by atoms with Crippen LogP contribution in [0.25, 0.3) is 0 Å². The van der Waals surface area contributed by atoms with Crippen LogP contribution in [0.5, 0.6) is 0 Å². The minimum Gasteiger partial charge on any atom is -0.369 e. The van der Waals surface area contributed by atoms with E-state index < -0.39 is 4.92 Å². The lowest BCUT2D eigenvalue weighted by atomic mass is 10.1. The monoisotopic (exact) mass is 310 g/mol. The van der Waals surface area contributed by atoms with E-state index in [4.69, 9.17) is 11.6 Å². The van der Waals surface area contributed by atoms with Crippen LogP contribution in [0.4, 0.5) is 11.4 Å². The number of hydrogen-bond donors (Lipinski definition) is 0. The van der Waals surface area contributed by atoms with Crippen LogP contribution in [-0.2, 0) is 6.54 Å². The first kappa shape index (κ1) is 14.5. The summed E-state index contributed by atoms with van der Waals surface area (Å²) in [6, 6.07) is 8.23. The van der Waals surface area contributed by atoms with Crippen LogP contribution in [0.2, 0.25) is 4.34 Å². The van der Waals surface area contributed by atoms with Crippen molar-refractivity contribution >= 4 is 40.6 Å². The second kappa shape index (κ2) is 6.02. The predicted octanol–water partition coefficient (Wildman–Crippen LogP) is 3.76. The van der Waals surface area contributed by atoms with Crippen LogP contribution in [0.3, 0.4) is 0 Å². The molecule has 0 saturated carbocycles. The SMILES string of the molecule is CN(Cc1ccc(Cl)s1)c1ccc([N+](=O)[O-])c(C=O)c1. The molecule has 0 unspecified atom stereocenters. The van der Waals surface area contributed by atoms with Crippen molar-refractivity contribution in [1.29, 1.82) is 0 Å². The molecule has 104 valence electrons. The number of hydrogen-bond acceptors (Lipinski definition) is 5. The van der Waals surface area contributed by atoms with Gasteiger partial charge in [-0.25, -0.2) is 0 Å². The van der Waals surface area contributed by atoms with Gasteiger partial charge >= 0.3 is 0 Å². The molecule has 2 rings (SSSR count). The Hall–Kier alpha value is -1.92. The number of aldehydes is 1. The highest BCUT2D eigenvalue weighted by molar-refractivity contribution is 7.16. The molecule has 20 heavy (non-hydrogen) atoms. The van der Waals surface area contributed by atoms with Gasteiger partial charge in [0.2, 0.25) is 0 Å². The first-order valence-corrected chi connectivity index (χ1v) is 6.89. The molecule has 0 aliphatic carbocycles. The van der Waals surface area contributed by atoms with E-state index in [9.17, 15) is 14.9 Å². The van der Waals surface area contributed by atoms with E-state index in [1.54, 1.807) is 6.07 Å². The van der Waals surface area contributed by atoms with Crippen molar-refractivity contribution in [2.45, 2.75) is 6.54 Å². The maximum atomic E-state index is 10.9. The normalized spacial score (nSPS) is 10.3. The molecular weight excluding hydrogens is 300 g/mol. The quantitative estimate of drug-likeness (QED) is 0.479. The lowest BCUT2D eigenvalue weighted by Gasteiger charge is -2.18. The van der Waals surface area contributed by atoms with Crippen molar-refractivity contribution in [2.75, 3.05) is 11.9 Å². The summed E-state index contributed by atoms with van der Waals surface area (Å²) in [6.45, 7) is 0.619. The highest BCUT2D eigenvalue weighted by atomic mass is 35.5. The van der Waals surface area contributed by atoms with Gasteiger partial charge in [-0.05, 0) is 24.3 Å². The van der Waals surface area contributed by atoms with Gasteiger partial charge in [0.15, 0.2) is 6.29 Å². The summed E-state index contributed by atoms with van der Waals surface area (Å²) in [7, 11) is 1.85. The van der Waals surface area contributed by atoms with Crippen molar-refractivity contribution in [2.24, 2.45) is 0 Å². The fourth-order valence-corrected chi connectivity index (χ4v) is 2.94.